The molecule has 1 unspecified atom stereocenters. The van der Waals surface area contributed by atoms with Crippen LogP contribution in [0.1, 0.15) is 12.0 Å². The van der Waals surface area contributed by atoms with Gasteiger partial charge in [-0.2, -0.15) is 0 Å². The fourth-order valence-corrected chi connectivity index (χ4v) is 1.98. The van der Waals surface area contributed by atoms with Crippen LogP contribution in [0, 0.1) is 11.7 Å². The molecule has 0 bridgehead atoms. The lowest BCUT2D eigenvalue weighted by Crippen LogP contribution is -2.12. The van der Waals surface area contributed by atoms with Crippen LogP contribution >= 0.6 is 0 Å². The lowest BCUT2D eigenvalue weighted by molar-refractivity contribution is 0.169. The van der Waals surface area contributed by atoms with Gasteiger partial charge in [-0.05, 0) is 30.7 Å². The molecule has 1 aliphatic rings. The first-order valence-electron chi connectivity index (χ1n) is 5.77. The Kier molecular flexibility index (Phi) is 3.97. The van der Waals surface area contributed by atoms with E-state index in [-0.39, 0.29) is 5.82 Å². The highest BCUT2D eigenvalue weighted by Crippen LogP contribution is 2.19. The highest BCUT2D eigenvalue weighted by Gasteiger charge is 2.20. The molecule has 0 aromatic heterocycles. The highest BCUT2D eigenvalue weighted by molar-refractivity contribution is 5.15. The van der Waals surface area contributed by atoms with Gasteiger partial charge in [0.25, 0.3) is 0 Å². The molecule has 0 spiro atoms. The zero-order chi connectivity index (χ0) is 12.1. The summed E-state index contributed by atoms with van der Waals surface area (Å²) in [6, 6.07) is 6.43. The van der Waals surface area contributed by atoms with Gasteiger partial charge in [0, 0.05) is 12.5 Å². The molecule has 1 atom stereocenters. The molecule has 1 aliphatic heterocycles. The second kappa shape index (κ2) is 5.67. The molecule has 1 aromatic rings. The molecule has 17 heavy (non-hydrogen) atoms. The summed E-state index contributed by atoms with van der Waals surface area (Å²) in [4.78, 5) is 0. The van der Waals surface area contributed by atoms with E-state index in [1.165, 1.54) is 12.1 Å². The van der Waals surface area contributed by atoms with Crippen molar-refractivity contribution in [2.45, 2.75) is 13.0 Å². The molecule has 3 heteroatoms. The standard InChI is InChI=1S/C14H16FNO/c1-2-14(12-6-7-16-9-12)17-10-11-4-3-5-13(15)8-11/h3-5,8,12,16H,1,6-7,9-10H2. The minimum absolute atomic E-state index is 0.238. The van der Waals surface area contributed by atoms with Crippen LogP contribution < -0.4 is 5.32 Å². The quantitative estimate of drug-likeness (QED) is 0.637. The maximum Gasteiger partial charge on any atom is 0.142 e. The Bertz CT molecular complexity index is 432. The Hall–Kier alpha value is -1.57. The van der Waals surface area contributed by atoms with E-state index < -0.39 is 0 Å². The van der Waals surface area contributed by atoms with Crippen molar-refractivity contribution in [3.63, 3.8) is 0 Å². The Labute approximate surface area is 101 Å². The van der Waals surface area contributed by atoms with E-state index in [0.29, 0.717) is 12.5 Å². The van der Waals surface area contributed by atoms with Crippen LogP contribution in [0.2, 0.25) is 0 Å². The van der Waals surface area contributed by atoms with E-state index in [9.17, 15) is 4.39 Å². The predicted octanol–water partition coefficient (Wildman–Crippen LogP) is 2.62. The van der Waals surface area contributed by atoms with E-state index >= 15 is 0 Å². The molecule has 1 aromatic carbocycles. The monoisotopic (exact) mass is 233 g/mol. The molecule has 0 saturated carbocycles. The van der Waals surface area contributed by atoms with Gasteiger partial charge in [-0.1, -0.05) is 24.4 Å². The molecular formula is C14H16FNO. The fourth-order valence-electron chi connectivity index (χ4n) is 1.98. The second-order valence-corrected chi connectivity index (χ2v) is 4.15. The van der Waals surface area contributed by atoms with Gasteiger partial charge in [0.15, 0.2) is 0 Å². The van der Waals surface area contributed by atoms with Crippen molar-refractivity contribution in [2.75, 3.05) is 13.1 Å². The summed E-state index contributed by atoms with van der Waals surface area (Å²) in [5, 5.41) is 3.27. The van der Waals surface area contributed by atoms with E-state index in [1.54, 1.807) is 6.07 Å². The zero-order valence-corrected chi connectivity index (χ0v) is 9.71. The number of rotatable bonds is 4. The summed E-state index contributed by atoms with van der Waals surface area (Å²) in [5.74, 6) is 0.887. The molecule has 90 valence electrons. The smallest absolute Gasteiger partial charge is 0.142 e. The maximum atomic E-state index is 13.0. The van der Waals surface area contributed by atoms with Crippen molar-refractivity contribution < 1.29 is 9.13 Å². The molecule has 1 heterocycles. The molecular weight excluding hydrogens is 217 g/mol. The lowest BCUT2D eigenvalue weighted by atomic mass is 10.1. The summed E-state index contributed by atoms with van der Waals surface area (Å²) >= 11 is 0. The van der Waals surface area contributed by atoms with Gasteiger partial charge in [0.1, 0.15) is 18.2 Å². The number of hydrogen-bond acceptors (Lipinski definition) is 2. The van der Waals surface area contributed by atoms with Gasteiger partial charge in [-0.15, -0.1) is 0 Å². The number of ether oxygens (including phenoxy) is 1. The molecule has 2 nitrogen and oxygen atoms in total. The molecule has 0 aliphatic carbocycles. The van der Waals surface area contributed by atoms with Crippen molar-refractivity contribution >= 4 is 0 Å². The van der Waals surface area contributed by atoms with Crippen LogP contribution in [0.4, 0.5) is 4.39 Å². The van der Waals surface area contributed by atoms with Crippen LogP contribution in [0.15, 0.2) is 42.3 Å². The van der Waals surface area contributed by atoms with Gasteiger partial charge >= 0.3 is 0 Å². The molecule has 0 radical (unpaired) electrons. The average Bonchev–Trinajstić information content (AvgIpc) is 2.84. The van der Waals surface area contributed by atoms with Crippen molar-refractivity contribution in [3.8, 4) is 0 Å². The van der Waals surface area contributed by atoms with Crippen LogP contribution in [0.5, 0.6) is 0 Å². The number of nitrogens with one attached hydrogen (secondary N) is 1. The number of hydrogen-bond donors (Lipinski definition) is 1. The van der Waals surface area contributed by atoms with Gasteiger partial charge in [-0.3, -0.25) is 0 Å². The molecule has 1 N–H and O–H groups in total. The van der Waals surface area contributed by atoms with E-state index in [2.05, 4.69) is 17.6 Å². The first-order valence-corrected chi connectivity index (χ1v) is 5.77. The van der Waals surface area contributed by atoms with Gasteiger partial charge in [0.2, 0.25) is 0 Å². The molecule has 1 saturated heterocycles. The highest BCUT2D eigenvalue weighted by atomic mass is 19.1. The zero-order valence-electron chi connectivity index (χ0n) is 9.71. The normalized spacial score (nSPS) is 18.8. The van der Waals surface area contributed by atoms with Crippen molar-refractivity contribution in [3.05, 3.63) is 53.7 Å². The van der Waals surface area contributed by atoms with E-state index in [1.807, 2.05) is 6.07 Å². The average molecular weight is 233 g/mol. The summed E-state index contributed by atoms with van der Waals surface area (Å²) < 4.78 is 18.6. The minimum Gasteiger partial charge on any atom is -0.485 e. The summed E-state index contributed by atoms with van der Waals surface area (Å²) in [6.45, 7) is 5.92. The van der Waals surface area contributed by atoms with E-state index in [0.717, 1.165) is 30.8 Å². The lowest BCUT2D eigenvalue weighted by Gasteiger charge is -2.13. The van der Waals surface area contributed by atoms with Gasteiger partial charge in [0.05, 0.1) is 0 Å². The second-order valence-electron chi connectivity index (χ2n) is 4.15. The Morgan fingerprint density at radius 3 is 3.12 bits per heavy atom. The third kappa shape index (κ3) is 3.19. The van der Waals surface area contributed by atoms with Crippen LogP contribution in [0.3, 0.4) is 0 Å². The first kappa shape index (κ1) is 11.9. The largest absolute Gasteiger partial charge is 0.485 e. The first-order chi connectivity index (χ1) is 8.29. The Morgan fingerprint density at radius 1 is 1.59 bits per heavy atom. The topological polar surface area (TPSA) is 21.3 Å². The summed E-state index contributed by atoms with van der Waals surface area (Å²) in [7, 11) is 0. The third-order valence-electron chi connectivity index (χ3n) is 2.89. The molecule has 1 fully saturated rings. The summed E-state index contributed by atoms with van der Waals surface area (Å²) in [5.41, 5.74) is 3.66. The van der Waals surface area contributed by atoms with Gasteiger partial charge < -0.3 is 10.1 Å². The number of halogens is 1. The predicted molar refractivity (Wildman–Crippen MR) is 64.8 cm³/mol. The van der Waals surface area contributed by atoms with Crippen molar-refractivity contribution in [1.29, 1.82) is 0 Å². The maximum absolute atomic E-state index is 13.0. The summed E-state index contributed by atoms with van der Waals surface area (Å²) in [6.07, 6.45) is 1.04. The number of benzene rings is 1. The Morgan fingerprint density at radius 2 is 2.47 bits per heavy atom. The molecule has 2 rings (SSSR count). The van der Waals surface area contributed by atoms with Crippen molar-refractivity contribution in [2.24, 2.45) is 5.92 Å². The van der Waals surface area contributed by atoms with Crippen LogP contribution in [0.25, 0.3) is 0 Å². The van der Waals surface area contributed by atoms with Crippen molar-refractivity contribution in [1.82, 2.24) is 5.32 Å². The van der Waals surface area contributed by atoms with Crippen LogP contribution in [-0.4, -0.2) is 13.1 Å². The SMILES string of the molecule is C=C=C(OCc1cccc(F)c1)C1CCNC1. The minimum atomic E-state index is -0.238. The fraction of sp³-hybridized carbons (Fsp3) is 0.357. The third-order valence-corrected chi connectivity index (χ3v) is 2.89. The Balaban J connectivity index is 1.94. The van der Waals surface area contributed by atoms with Crippen LogP contribution in [-0.2, 0) is 11.3 Å². The van der Waals surface area contributed by atoms with Gasteiger partial charge in [-0.25, -0.2) is 4.39 Å². The van der Waals surface area contributed by atoms with E-state index in [4.69, 9.17) is 4.74 Å². The molecule has 0 amide bonds.